The largest absolute Gasteiger partial charge is 0.328 e. The van der Waals surface area contributed by atoms with E-state index in [2.05, 4.69) is 5.32 Å². The predicted octanol–water partition coefficient (Wildman–Crippen LogP) is 2.42. The third kappa shape index (κ3) is 3.43. The van der Waals surface area contributed by atoms with Crippen molar-refractivity contribution >= 4 is 11.7 Å². The molecule has 0 aromatic heterocycles. The minimum absolute atomic E-state index is 0.279. The molecule has 0 unspecified atom stereocenters. The zero-order chi connectivity index (χ0) is 13.8. The van der Waals surface area contributed by atoms with Gasteiger partial charge in [-0.05, 0) is 39.0 Å². The summed E-state index contributed by atoms with van der Waals surface area (Å²) in [5.41, 5.74) is 5.65. The van der Waals surface area contributed by atoms with E-state index in [1.165, 1.54) is 12.1 Å². The van der Waals surface area contributed by atoms with Crippen LogP contribution in [0.3, 0.4) is 0 Å². The monoisotopic (exact) mass is 253 g/mol. The molecule has 18 heavy (non-hydrogen) atoms. The molecule has 0 saturated heterocycles. The Balaban J connectivity index is 2.81. The van der Waals surface area contributed by atoms with Crippen LogP contribution in [0.15, 0.2) is 24.3 Å². The maximum atomic E-state index is 13.0. The Morgan fingerprint density at radius 3 is 2.67 bits per heavy atom. The van der Waals surface area contributed by atoms with Crippen molar-refractivity contribution in [3.8, 4) is 0 Å². The van der Waals surface area contributed by atoms with Crippen LogP contribution in [0.1, 0.15) is 20.8 Å². The lowest BCUT2D eigenvalue weighted by molar-refractivity contribution is 0.155. The molecule has 3 N–H and O–H groups in total. The molecule has 0 radical (unpaired) electrons. The van der Waals surface area contributed by atoms with E-state index in [0.717, 1.165) is 0 Å². The maximum absolute atomic E-state index is 13.0. The Morgan fingerprint density at radius 2 is 2.17 bits per heavy atom. The van der Waals surface area contributed by atoms with Gasteiger partial charge in [0.15, 0.2) is 0 Å². The summed E-state index contributed by atoms with van der Waals surface area (Å²) in [4.78, 5) is 13.7. The van der Waals surface area contributed by atoms with E-state index >= 15 is 0 Å². The number of hydrogen-bond acceptors (Lipinski definition) is 2. The van der Waals surface area contributed by atoms with Crippen LogP contribution in [-0.2, 0) is 0 Å². The number of benzene rings is 1. The third-order valence-corrected chi connectivity index (χ3v) is 2.87. The zero-order valence-electron chi connectivity index (χ0n) is 11.0. The summed E-state index contributed by atoms with van der Waals surface area (Å²) in [6.45, 7) is 6.55. The van der Waals surface area contributed by atoms with Gasteiger partial charge in [-0.3, -0.25) is 0 Å². The van der Waals surface area contributed by atoms with E-state index in [9.17, 15) is 9.18 Å². The van der Waals surface area contributed by atoms with Crippen LogP contribution in [0.4, 0.5) is 14.9 Å². The second kappa shape index (κ2) is 5.82. The molecule has 0 aliphatic carbocycles. The van der Waals surface area contributed by atoms with Crippen LogP contribution in [0, 0.1) is 5.82 Å². The van der Waals surface area contributed by atoms with E-state index in [4.69, 9.17) is 5.73 Å². The van der Waals surface area contributed by atoms with Crippen LogP contribution in [-0.4, -0.2) is 29.6 Å². The van der Waals surface area contributed by atoms with Gasteiger partial charge in [0.25, 0.3) is 0 Å². The van der Waals surface area contributed by atoms with Gasteiger partial charge in [0.05, 0.1) is 5.54 Å². The molecule has 1 aromatic rings. The number of carbonyl (C=O) groups is 1. The topological polar surface area (TPSA) is 58.4 Å². The average Bonchev–Trinajstić information content (AvgIpc) is 2.29. The molecule has 0 saturated carbocycles. The molecular weight excluding hydrogens is 233 g/mol. The number of likely N-dealkylation sites (N-methyl/N-ethyl adjacent to an activating group) is 1. The van der Waals surface area contributed by atoms with E-state index in [-0.39, 0.29) is 11.8 Å². The molecule has 100 valence electrons. The summed E-state index contributed by atoms with van der Waals surface area (Å²) in [5, 5.41) is 2.67. The standard InChI is InChI=1S/C13H20FN3O/c1-4-17(13(2,3)9-15)12(18)16-11-7-5-6-10(14)8-11/h5-8H,4,9,15H2,1-3H3,(H,16,18). The quantitative estimate of drug-likeness (QED) is 0.865. The molecule has 0 aliphatic rings. The molecule has 1 rings (SSSR count). The molecule has 4 nitrogen and oxygen atoms in total. The highest BCUT2D eigenvalue weighted by Gasteiger charge is 2.28. The molecule has 0 fully saturated rings. The van der Waals surface area contributed by atoms with Crippen molar-refractivity contribution in [1.29, 1.82) is 0 Å². The van der Waals surface area contributed by atoms with Gasteiger partial charge in [0.2, 0.25) is 0 Å². The lowest BCUT2D eigenvalue weighted by atomic mass is 10.0. The summed E-state index contributed by atoms with van der Waals surface area (Å²) >= 11 is 0. The number of carbonyl (C=O) groups excluding carboxylic acids is 1. The highest BCUT2D eigenvalue weighted by Crippen LogP contribution is 2.16. The molecule has 5 heteroatoms. The molecule has 0 atom stereocenters. The normalized spacial score (nSPS) is 11.2. The minimum Gasteiger partial charge on any atom is -0.328 e. The molecular formula is C13H20FN3O. The average molecular weight is 253 g/mol. The van der Waals surface area contributed by atoms with Crippen molar-refractivity contribution in [3.05, 3.63) is 30.1 Å². The van der Waals surface area contributed by atoms with E-state index in [0.29, 0.717) is 18.8 Å². The van der Waals surface area contributed by atoms with Gasteiger partial charge in [0.1, 0.15) is 5.82 Å². The second-order valence-corrected chi connectivity index (χ2v) is 4.70. The summed E-state index contributed by atoms with van der Waals surface area (Å²) in [6.07, 6.45) is 0. The van der Waals surface area contributed by atoms with Crippen LogP contribution in [0.5, 0.6) is 0 Å². The smallest absolute Gasteiger partial charge is 0.322 e. The summed E-state index contributed by atoms with van der Waals surface area (Å²) in [5.74, 6) is -0.381. The molecule has 0 spiro atoms. The van der Waals surface area contributed by atoms with Crippen LogP contribution >= 0.6 is 0 Å². The number of anilines is 1. The fourth-order valence-corrected chi connectivity index (χ4v) is 1.71. The van der Waals surface area contributed by atoms with Crippen molar-refractivity contribution in [2.45, 2.75) is 26.3 Å². The number of urea groups is 1. The maximum Gasteiger partial charge on any atom is 0.322 e. The van der Waals surface area contributed by atoms with Gasteiger partial charge in [-0.2, -0.15) is 0 Å². The number of nitrogens with zero attached hydrogens (tertiary/aromatic N) is 1. The molecule has 0 bridgehead atoms. The fourth-order valence-electron chi connectivity index (χ4n) is 1.71. The minimum atomic E-state index is -0.438. The molecule has 2 amide bonds. The van der Waals surface area contributed by atoms with Crippen molar-refractivity contribution in [2.75, 3.05) is 18.4 Å². The Bertz CT molecular complexity index is 420. The zero-order valence-corrected chi connectivity index (χ0v) is 11.0. The van der Waals surface area contributed by atoms with Gasteiger partial charge in [-0.25, -0.2) is 9.18 Å². The Morgan fingerprint density at radius 1 is 1.50 bits per heavy atom. The lowest BCUT2D eigenvalue weighted by Gasteiger charge is -2.36. The molecule has 1 aromatic carbocycles. The fraction of sp³-hybridized carbons (Fsp3) is 0.462. The Labute approximate surface area is 107 Å². The predicted molar refractivity (Wildman–Crippen MR) is 70.9 cm³/mol. The van der Waals surface area contributed by atoms with Crippen LogP contribution in [0.25, 0.3) is 0 Å². The van der Waals surface area contributed by atoms with Crippen molar-refractivity contribution in [1.82, 2.24) is 4.90 Å². The Hall–Kier alpha value is -1.62. The summed E-state index contributed by atoms with van der Waals surface area (Å²) in [6, 6.07) is 5.52. The van der Waals surface area contributed by atoms with E-state index < -0.39 is 5.54 Å². The highest BCUT2D eigenvalue weighted by atomic mass is 19.1. The first kappa shape index (κ1) is 14.4. The number of rotatable bonds is 4. The number of hydrogen-bond donors (Lipinski definition) is 2. The van der Waals surface area contributed by atoms with Crippen LogP contribution < -0.4 is 11.1 Å². The first-order valence-corrected chi connectivity index (χ1v) is 5.95. The first-order chi connectivity index (χ1) is 8.40. The number of nitrogens with two attached hydrogens (primary N) is 1. The SMILES string of the molecule is CCN(C(=O)Nc1cccc(F)c1)C(C)(C)CN. The summed E-state index contributed by atoms with van der Waals surface area (Å²) in [7, 11) is 0. The Kier molecular flexibility index (Phi) is 4.67. The lowest BCUT2D eigenvalue weighted by Crippen LogP contribution is -2.53. The van der Waals surface area contributed by atoms with Gasteiger partial charge in [-0.1, -0.05) is 6.07 Å². The van der Waals surface area contributed by atoms with E-state index in [1.54, 1.807) is 17.0 Å². The number of nitrogens with one attached hydrogen (secondary N) is 1. The molecule has 0 aliphatic heterocycles. The summed E-state index contributed by atoms with van der Waals surface area (Å²) < 4.78 is 13.0. The third-order valence-electron chi connectivity index (χ3n) is 2.87. The number of amides is 2. The van der Waals surface area contributed by atoms with Gasteiger partial charge in [0, 0.05) is 18.8 Å². The van der Waals surface area contributed by atoms with Gasteiger partial charge < -0.3 is 16.0 Å². The number of halogens is 1. The molecule has 0 heterocycles. The highest BCUT2D eigenvalue weighted by molar-refractivity contribution is 5.89. The van der Waals surface area contributed by atoms with Gasteiger partial charge in [-0.15, -0.1) is 0 Å². The van der Waals surface area contributed by atoms with Crippen molar-refractivity contribution < 1.29 is 9.18 Å². The first-order valence-electron chi connectivity index (χ1n) is 5.95. The van der Waals surface area contributed by atoms with Crippen LogP contribution in [0.2, 0.25) is 0 Å². The van der Waals surface area contributed by atoms with Crippen molar-refractivity contribution in [3.63, 3.8) is 0 Å². The van der Waals surface area contributed by atoms with Crippen molar-refractivity contribution in [2.24, 2.45) is 5.73 Å². The van der Waals surface area contributed by atoms with E-state index in [1.807, 2.05) is 20.8 Å². The van der Waals surface area contributed by atoms with Gasteiger partial charge >= 0.3 is 6.03 Å². The second-order valence-electron chi connectivity index (χ2n) is 4.70.